The zero-order valence-corrected chi connectivity index (χ0v) is 17.6. The minimum absolute atomic E-state index is 0.0543. The van der Waals surface area contributed by atoms with Crippen LogP contribution in [0.1, 0.15) is 48.0 Å². The predicted molar refractivity (Wildman–Crippen MR) is 116 cm³/mol. The summed E-state index contributed by atoms with van der Waals surface area (Å²) in [6.45, 7) is 6.24. The number of rotatable bonds is 13. The van der Waals surface area contributed by atoms with E-state index in [1.165, 1.54) is 12.1 Å². The second-order valence-electron chi connectivity index (χ2n) is 6.57. The van der Waals surface area contributed by atoms with Crippen molar-refractivity contribution in [3.63, 3.8) is 0 Å². The van der Waals surface area contributed by atoms with E-state index < -0.39 is 5.82 Å². The first-order chi connectivity index (χ1) is 13.6. The van der Waals surface area contributed by atoms with Crippen LogP contribution in [0, 0.1) is 5.82 Å². The minimum atomic E-state index is -0.559. The highest BCUT2D eigenvalue weighted by Crippen LogP contribution is 2.21. The molecule has 0 spiro atoms. The number of nitrogens with one attached hydrogen (secondary N) is 1. The van der Waals surface area contributed by atoms with Crippen LogP contribution < -0.4 is 10.1 Å². The molecule has 0 amide bonds. The highest BCUT2D eigenvalue weighted by molar-refractivity contribution is 9.10. The quantitative estimate of drug-likeness (QED) is 0.235. The lowest BCUT2D eigenvalue weighted by atomic mass is 10.0. The van der Waals surface area contributed by atoms with Crippen molar-refractivity contribution in [1.29, 1.82) is 0 Å². The SMILES string of the molecule is C=CCCNCCCCCCOc1ccc(C(=O)c2ccc(Br)cc2)c(F)c1. The van der Waals surface area contributed by atoms with E-state index in [9.17, 15) is 9.18 Å². The van der Waals surface area contributed by atoms with E-state index >= 15 is 0 Å². The summed E-state index contributed by atoms with van der Waals surface area (Å²) in [4.78, 5) is 12.4. The van der Waals surface area contributed by atoms with E-state index in [-0.39, 0.29) is 11.3 Å². The van der Waals surface area contributed by atoms with Crippen LogP contribution in [0.4, 0.5) is 4.39 Å². The summed E-state index contributed by atoms with van der Waals surface area (Å²) in [5.74, 6) is -0.440. The molecule has 0 radical (unpaired) electrons. The Morgan fingerprint density at radius 3 is 2.54 bits per heavy atom. The molecule has 0 heterocycles. The third kappa shape index (κ3) is 7.56. The van der Waals surface area contributed by atoms with Crippen molar-refractivity contribution in [3.8, 4) is 5.75 Å². The third-order valence-electron chi connectivity index (χ3n) is 4.33. The Balaban J connectivity index is 1.71. The summed E-state index contributed by atoms with van der Waals surface area (Å²) in [5, 5.41) is 3.36. The maximum atomic E-state index is 14.3. The van der Waals surface area contributed by atoms with Crippen molar-refractivity contribution < 1.29 is 13.9 Å². The number of unbranched alkanes of at least 4 members (excludes halogenated alkanes) is 3. The molecule has 0 bridgehead atoms. The third-order valence-corrected chi connectivity index (χ3v) is 4.86. The monoisotopic (exact) mass is 447 g/mol. The summed E-state index contributed by atoms with van der Waals surface area (Å²) in [5.41, 5.74) is 0.508. The maximum absolute atomic E-state index is 14.3. The van der Waals surface area contributed by atoms with Gasteiger partial charge in [-0.1, -0.05) is 34.8 Å². The number of ketones is 1. The molecule has 2 aromatic carbocycles. The lowest BCUT2D eigenvalue weighted by Crippen LogP contribution is -2.15. The van der Waals surface area contributed by atoms with E-state index in [1.807, 2.05) is 6.08 Å². The maximum Gasteiger partial charge on any atom is 0.195 e. The van der Waals surface area contributed by atoms with Crippen molar-refractivity contribution >= 4 is 21.7 Å². The number of halogens is 2. The van der Waals surface area contributed by atoms with Crippen LogP contribution in [-0.4, -0.2) is 25.5 Å². The Morgan fingerprint density at radius 1 is 1.07 bits per heavy atom. The number of hydrogen-bond donors (Lipinski definition) is 1. The summed E-state index contributed by atoms with van der Waals surface area (Å²) >= 11 is 3.32. The normalized spacial score (nSPS) is 10.6. The van der Waals surface area contributed by atoms with Crippen molar-refractivity contribution in [1.82, 2.24) is 5.32 Å². The molecule has 2 rings (SSSR count). The molecule has 0 aliphatic carbocycles. The van der Waals surface area contributed by atoms with Gasteiger partial charge in [-0.2, -0.15) is 0 Å². The molecule has 0 saturated heterocycles. The average Bonchev–Trinajstić information content (AvgIpc) is 2.69. The van der Waals surface area contributed by atoms with Gasteiger partial charge in [0, 0.05) is 16.1 Å². The standard InChI is InChI=1S/C23H27BrFNO2/c1-2-3-14-26-15-6-4-5-7-16-28-20-12-13-21(22(25)17-20)23(27)18-8-10-19(24)11-9-18/h2,8-13,17,26H,1,3-7,14-16H2. The molecule has 0 saturated carbocycles. The van der Waals surface area contributed by atoms with Crippen molar-refractivity contribution in [2.45, 2.75) is 32.1 Å². The van der Waals surface area contributed by atoms with Crippen LogP contribution in [0.3, 0.4) is 0 Å². The highest BCUT2D eigenvalue weighted by atomic mass is 79.9. The Bertz CT molecular complexity index is 762. The Kier molecular flexibility index (Phi) is 9.94. The van der Waals surface area contributed by atoms with E-state index in [2.05, 4.69) is 27.8 Å². The van der Waals surface area contributed by atoms with Crippen molar-refractivity contribution in [3.05, 3.63) is 76.5 Å². The predicted octanol–water partition coefficient (Wildman–Crippen LogP) is 5.92. The molecule has 0 unspecified atom stereocenters. The molecule has 0 aromatic heterocycles. The van der Waals surface area contributed by atoms with Crippen LogP contribution in [0.5, 0.6) is 5.75 Å². The van der Waals surface area contributed by atoms with Gasteiger partial charge < -0.3 is 10.1 Å². The van der Waals surface area contributed by atoms with E-state index in [4.69, 9.17) is 4.74 Å². The summed E-state index contributed by atoms with van der Waals surface area (Å²) in [6, 6.07) is 11.3. The molecule has 0 fully saturated rings. The first-order valence-corrected chi connectivity index (χ1v) is 10.5. The number of hydrogen-bond acceptors (Lipinski definition) is 3. The fraction of sp³-hybridized carbons (Fsp3) is 0.348. The van der Waals surface area contributed by atoms with Crippen LogP contribution in [0.25, 0.3) is 0 Å². The first-order valence-electron chi connectivity index (χ1n) is 9.66. The van der Waals surface area contributed by atoms with Gasteiger partial charge in [-0.25, -0.2) is 4.39 Å². The lowest BCUT2D eigenvalue weighted by molar-refractivity contribution is 0.103. The van der Waals surface area contributed by atoms with E-state index in [0.717, 1.165) is 49.7 Å². The van der Waals surface area contributed by atoms with Crippen molar-refractivity contribution in [2.75, 3.05) is 19.7 Å². The minimum Gasteiger partial charge on any atom is -0.493 e. The van der Waals surface area contributed by atoms with Crippen LogP contribution in [0.15, 0.2) is 59.6 Å². The summed E-state index contributed by atoms with van der Waals surface area (Å²) < 4.78 is 20.8. The summed E-state index contributed by atoms with van der Waals surface area (Å²) in [7, 11) is 0. The highest BCUT2D eigenvalue weighted by Gasteiger charge is 2.14. The molecule has 150 valence electrons. The second kappa shape index (κ2) is 12.5. The lowest BCUT2D eigenvalue weighted by Gasteiger charge is -2.09. The molecule has 0 atom stereocenters. The molecule has 2 aromatic rings. The second-order valence-corrected chi connectivity index (χ2v) is 7.48. The molecule has 28 heavy (non-hydrogen) atoms. The first kappa shape index (κ1) is 22.3. The molecular formula is C23H27BrFNO2. The zero-order valence-electron chi connectivity index (χ0n) is 16.1. The fourth-order valence-electron chi connectivity index (χ4n) is 2.75. The van der Waals surface area contributed by atoms with Gasteiger partial charge in [0.1, 0.15) is 11.6 Å². The van der Waals surface area contributed by atoms with Gasteiger partial charge in [-0.3, -0.25) is 4.79 Å². The average molecular weight is 448 g/mol. The number of ether oxygens (including phenoxy) is 1. The van der Waals surface area contributed by atoms with Crippen molar-refractivity contribution in [2.24, 2.45) is 0 Å². The van der Waals surface area contributed by atoms with Gasteiger partial charge in [-0.15, -0.1) is 6.58 Å². The van der Waals surface area contributed by atoms with E-state index in [0.29, 0.717) is 17.9 Å². The fourth-order valence-corrected chi connectivity index (χ4v) is 3.02. The van der Waals surface area contributed by atoms with Gasteiger partial charge in [0.05, 0.1) is 12.2 Å². The van der Waals surface area contributed by atoms with Crippen LogP contribution >= 0.6 is 15.9 Å². The van der Waals surface area contributed by atoms with Gasteiger partial charge in [0.25, 0.3) is 0 Å². The smallest absolute Gasteiger partial charge is 0.195 e. The largest absolute Gasteiger partial charge is 0.493 e. The number of carbonyl (C=O) groups excluding carboxylic acids is 1. The molecule has 0 aliphatic heterocycles. The van der Waals surface area contributed by atoms with Gasteiger partial charge >= 0.3 is 0 Å². The molecule has 0 aliphatic rings. The zero-order chi connectivity index (χ0) is 20.2. The molecule has 1 N–H and O–H groups in total. The summed E-state index contributed by atoms with van der Waals surface area (Å²) in [6.07, 6.45) is 7.19. The van der Waals surface area contributed by atoms with Gasteiger partial charge in [0.2, 0.25) is 0 Å². The Hall–Kier alpha value is -1.98. The molecular weight excluding hydrogens is 421 g/mol. The van der Waals surface area contributed by atoms with E-state index in [1.54, 1.807) is 30.3 Å². The topological polar surface area (TPSA) is 38.3 Å². The van der Waals surface area contributed by atoms with Crippen LogP contribution in [0.2, 0.25) is 0 Å². The van der Waals surface area contributed by atoms with Crippen LogP contribution in [-0.2, 0) is 0 Å². The number of benzene rings is 2. The molecule has 3 nitrogen and oxygen atoms in total. The Labute approximate surface area is 175 Å². The molecule has 5 heteroatoms. The van der Waals surface area contributed by atoms with Gasteiger partial charge in [0.15, 0.2) is 5.78 Å². The Morgan fingerprint density at radius 2 is 1.82 bits per heavy atom. The number of carbonyl (C=O) groups is 1. The van der Waals surface area contributed by atoms with Gasteiger partial charge in [-0.05, 0) is 68.8 Å².